The molecule has 0 aromatic heterocycles. The van der Waals surface area contributed by atoms with E-state index in [1.165, 1.54) is 11.1 Å². The molecule has 0 saturated heterocycles. The van der Waals surface area contributed by atoms with Crippen LogP contribution in [0.5, 0.6) is 5.75 Å². The van der Waals surface area contributed by atoms with E-state index in [9.17, 15) is 0 Å². The fraction of sp³-hybridized carbons (Fsp3) is 0.571. The third-order valence-electron chi connectivity index (χ3n) is 2.92. The Bertz CT molecular complexity index is 330. The van der Waals surface area contributed by atoms with E-state index in [4.69, 9.17) is 10.5 Å². The van der Waals surface area contributed by atoms with Crippen molar-refractivity contribution in [3.63, 3.8) is 0 Å². The van der Waals surface area contributed by atoms with Crippen LogP contribution in [0.3, 0.4) is 0 Å². The van der Waals surface area contributed by atoms with Gasteiger partial charge in [0.25, 0.3) is 0 Å². The molecule has 0 heterocycles. The second-order valence-corrected chi connectivity index (χ2v) is 4.81. The van der Waals surface area contributed by atoms with Gasteiger partial charge >= 0.3 is 0 Å². The number of benzene rings is 1. The van der Waals surface area contributed by atoms with E-state index in [0.29, 0.717) is 19.2 Å². The van der Waals surface area contributed by atoms with E-state index in [1.54, 1.807) is 0 Å². The van der Waals surface area contributed by atoms with Gasteiger partial charge in [-0.25, -0.2) is 0 Å². The fourth-order valence-corrected chi connectivity index (χ4v) is 1.92. The van der Waals surface area contributed by atoms with Crippen LogP contribution in [-0.4, -0.2) is 38.2 Å². The van der Waals surface area contributed by atoms with Crippen LogP contribution < -0.4 is 10.5 Å². The summed E-state index contributed by atoms with van der Waals surface area (Å²) in [4.78, 5) is 2.14. The van der Waals surface area contributed by atoms with E-state index in [0.717, 1.165) is 12.2 Å². The number of hydrogen-bond acceptors (Lipinski definition) is 3. The van der Waals surface area contributed by atoms with Crippen molar-refractivity contribution in [2.24, 2.45) is 5.73 Å². The highest BCUT2D eigenvalue weighted by atomic mass is 16.5. The topological polar surface area (TPSA) is 38.5 Å². The van der Waals surface area contributed by atoms with Gasteiger partial charge in [-0.05, 0) is 57.6 Å². The molecule has 2 N–H and O–H groups in total. The lowest BCUT2D eigenvalue weighted by molar-refractivity contribution is 0.225. The van der Waals surface area contributed by atoms with Crippen molar-refractivity contribution in [1.29, 1.82) is 0 Å². The van der Waals surface area contributed by atoms with Crippen molar-refractivity contribution in [2.75, 3.05) is 27.2 Å². The van der Waals surface area contributed by atoms with Crippen LogP contribution >= 0.6 is 0 Å². The number of ether oxygens (including phenoxy) is 1. The van der Waals surface area contributed by atoms with Gasteiger partial charge in [0.05, 0.1) is 6.61 Å². The third-order valence-corrected chi connectivity index (χ3v) is 2.92. The first-order valence-electron chi connectivity index (χ1n) is 6.10. The van der Waals surface area contributed by atoms with E-state index < -0.39 is 0 Å². The minimum Gasteiger partial charge on any atom is -0.494 e. The molecule has 3 heteroatoms. The summed E-state index contributed by atoms with van der Waals surface area (Å²) in [6.45, 7) is 5.55. The molecule has 0 aliphatic rings. The average Bonchev–Trinajstić information content (AvgIpc) is 2.22. The molecule has 0 spiro atoms. The third kappa shape index (κ3) is 4.75. The second-order valence-electron chi connectivity index (χ2n) is 4.81. The first kappa shape index (κ1) is 14.0. The van der Waals surface area contributed by atoms with Crippen molar-refractivity contribution in [2.45, 2.75) is 26.3 Å². The Hall–Kier alpha value is -1.06. The summed E-state index contributed by atoms with van der Waals surface area (Å²) >= 11 is 0. The van der Waals surface area contributed by atoms with Crippen LogP contribution in [0, 0.1) is 13.8 Å². The average molecular weight is 236 g/mol. The predicted molar refractivity (Wildman–Crippen MR) is 72.6 cm³/mol. The van der Waals surface area contributed by atoms with Crippen LogP contribution in [0.4, 0.5) is 0 Å². The van der Waals surface area contributed by atoms with E-state index in [2.05, 4.69) is 36.9 Å². The van der Waals surface area contributed by atoms with Crippen LogP contribution in [-0.2, 0) is 0 Å². The summed E-state index contributed by atoms with van der Waals surface area (Å²) < 4.78 is 5.77. The van der Waals surface area contributed by atoms with Gasteiger partial charge in [-0.3, -0.25) is 0 Å². The summed E-state index contributed by atoms with van der Waals surface area (Å²) in [5, 5.41) is 0. The summed E-state index contributed by atoms with van der Waals surface area (Å²) in [6, 6.07) is 6.68. The van der Waals surface area contributed by atoms with Crippen molar-refractivity contribution in [3.8, 4) is 5.75 Å². The highest BCUT2D eigenvalue weighted by Gasteiger charge is 2.08. The summed E-state index contributed by atoms with van der Waals surface area (Å²) in [6.07, 6.45) is 0.955. The Morgan fingerprint density at radius 3 is 2.24 bits per heavy atom. The molecule has 0 fully saturated rings. The number of nitrogens with two attached hydrogens (primary N) is 1. The SMILES string of the molecule is Cc1cc(C)cc(OCCC(CN)N(C)C)c1. The zero-order chi connectivity index (χ0) is 12.8. The lowest BCUT2D eigenvalue weighted by Crippen LogP contribution is -2.36. The zero-order valence-electron chi connectivity index (χ0n) is 11.4. The first-order chi connectivity index (χ1) is 8.02. The van der Waals surface area contributed by atoms with Gasteiger partial charge in [-0.2, -0.15) is 0 Å². The van der Waals surface area contributed by atoms with Gasteiger partial charge in [-0.1, -0.05) is 6.07 Å². The van der Waals surface area contributed by atoms with Crippen LogP contribution in [0.1, 0.15) is 17.5 Å². The molecular formula is C14H24N2O. The van der Waals surface area contributed by atoms with Gasteiger partial charge in [0, 0.05) is 12.6 Å². The molecule has 1 unspecified atom stereocenters. The minimum atomic E-state index is 0.390. The molecule has 1 aromatic rings. The minimum absolute atomic E-state index is 0.390. The standard InChI is InChI=1S/C14H24N2O/c1-11-7-12(2)9-14(8-11)17-6-5-13(10-15)16(3)4/h7-9,13H,5-6,10,15H2,1-4H3. The normalized spacial score (nSPS) is 12.8. The highest BCUT2D eigenvalue weighted by Crippen LogP contribution is 2.16. The Balaban J connectivity index is 2.45. The summed E-state index contributed by atoms with van der Waals surface area (Å²) in [7, 11) is 4.10. The lowest BCUT2D eigenvalue weighted by Gasteiger charge is -2.22. The molecule has 1 atom stereocenters. The van der Waals surface area contributed by atoms with Crippen molar-refractivity contribution in [3.05, 3.63) is 29.3 Å². The molecule has 96 valence electrons. The largest absolute Gasteiger partial charge is 0.494 e. The van der Waals surface area contributed by atoms with Crippen molar-refractivity contribution < 1.29 is 4.74 Å². The van der Waals surface area contributed by atoms with Gasteiger partial charge < -0.3 is 15.4 Å². The molecule has 0 aliphatic heterocycles. The second kappa shape index (κ2) is 6.62. The summed E-state index contributed by atoms with van der Waals surface area (Å²) in [5.74, 6) is 0.956. The molecule has 1 rings (SSSR count). The predicted octanol–water partition coefficient (Wildman–Crippen LogP) is 1.96. The molecule has 1 aromatic carbocycles. The summed E-state index contributed by atoms with van der Waals surface area (Å²) in [5.41, 5.74) is 8.18. The monoisotopic (exact) mass is 236 g/mol. The molecule has 0 saturated carbocycles. The lowest BCUT2D eigenvalue weighted by atomic mass is 10.1. The molecule has 0 radical (unpaired) electrons. The molecule has 17 heavy (non-hydrogen) atoms. The number of hydrogen-bond donors (Lipinski definition) is 1. The van der Waals surface area contributed by atoms with Crippen molar-refractivity contribution >= 4 is 0 Å². The smallest absolute Gasteiger partial charge is 0.119 e. The molecule has 0 aliphatic carbocycles. The number of nitrogens with zero attached hydrogens (tertiary/aromatic N) is 1. The Morgan fingerprint density at radius 2 is 1.76 bits per heavy atom. The molecule has 0 bridgehead atoms. The van der Waals surface area contributed by atoms with Crippen LogP contribution in [0.2, 0.25) is 0 Å². The maximum absolute atomic E-state index is 5.77. The molecule has 3 nitrogen and oxygen atoms in total. The van der Waals surface area contributed by atoms with Gasteiger partial charge in [-0.15, -0.1) is 0 Å². The van der Waals surface area contributed by atoms with Crippen LogP contribution in [0.15, 0.2) is 18.2 Å². The van der Waals surface area contributed by atoms with Crippen LogP contribution in [0.25, 0.3) is 0 Å². The Labute approximate surface area is 105 Å². The van der Waals surface area contributed by atoms with E-state index >= 15 is 0 Å². The maximum Gasteiger partial charge on any atom is 0.119 e. The van der Waals surface area contributed by atoms with Crippen molar-refractivity contribution in [1.82, 2.24) is 4.90 Å². The molecular weight excluding hydrogens is 212 g/mol. The van der Waals surface area contributed by atoms with E-state index in [-0.39, 0.29) is 0 Å². The van der Waals surface area contributed by atoms with E-state index in [1.807, 2.05) is 14.1 Å². The fourth-order valence-electron chi connectivity index (χ4n) is 1.92. The van der Waals surface area contributed by atoms with Gasteiger partial charge in [0.2, 0.25) is 0 Å². The van der Waals surface area contributed by atoms with Gasteiger partial charge in [0.1, 0.15) is 5.75 Å². The van der Waals surface area contributed by atoms with Gasteiger partial charge in [0.15, 0.2) is 0 Å². The number of rotatable bonds is 6. The Morgan fingerprint density at radius 1 is 1.18 bits per heavy atom. The number of likely N-dealkylation sites (N-methyl/N-ethyl adjacent to an activating group) is 1. The Kier molecular flexibility index (Phi) is 5.45. The zero-order valence-corrected chi connectivity index (χ0v) is 11.4. The molecule has 0 amide bonds. The first-order valence-corrected chi connectivity index (χ1v) is 6.10. The number of aryl methyl sites for hydroxylation is 2. The highest BCUT2D eigenvalue weighted by molar-refractivity contribution is 5.32. The maximum atomic E-state index is 5.77. The quantitative estimate of drug-likeness (QED) is 0.820.